The molecule has 128 valence electrons. The number of hydrogen-bond acceptors (Lipinski definition) is 3. The van der Waals surface area contributed by atoms with Crippen LogP contribution >= 0.6 is 0 Å². The van der Waals surface area contributed by atoms with Gasteiger partial charge in [-0.05, 0) is 59.4 Å². The summed E-state index contributed by atoms with van der Waals surface area (Å²) >= 11 is 0. The highest BCUT2D eigenvalue weighted by Crippen LogP contribution is 2.23. The van der Waals surface area contributed by atoms with Crippen molar-refractivity contribution in [2.45, 2.75) is 77.6 Å². The second-order valence-electron chi connectivity index (χ2n) is 7.65. The summed E-state index contributed by atoms with van der Waals surface area (Å²) in [6.45, 7) is 9.95. The zero-order valence-electron chi connectivity index (χ0n) is 15.0. The number of carbonyl (C=O) groups is 1. The van der Waals surface area contributed by atoms with Crippen LogP contribution in [0.15, 0.2) is 24.3 Å². The summed E-state index contributed by atoms with van der Waals surface area (Å²) in [4.78, 5) is 11.8. The molecule has 2 N–H and O–H groups in total. The monoisotopic (exact) mass is 318 g/mol. The number of hydrogen-bond donors (Lipinski definition) is 2. The van der Waals surface area contributed by atoms with Gasteiger partial charge < -0.3 is 15.4 Å². The Hall–Kier alpha value is -1.55. The smallest absolute Gasteiger partial charge is 0.407 e. The first-order valence-corrected chi connectivity index (χ1v) is 8.55. The van der Waals surface area contributed by atoms with E-state index in [2.05, 4.69) is 48.7 Å². The van der Waals surface area contributed by atoms with Gasteiger partial charge in [-0.25, -0.2) is 4.79 Å². The van der Waals surface area contributed by atoms with E-state index >= 15 is 0 Å². The molecule has 1 amide bonds. The lowest BCUT2D eigenvalue weighted by Gasteiger charge is -2.22. The van der Waals surface area contributed by atoms with Gasteiger partial charge >= 0.3 is 6.09 Å². The van der Waals surface area contributed by atoms with Gasteiger partial charge in [-0.3, -0.25) is 0 Å². The molecule has 1 aromatic carbocycles. The number of nitrogens with one attached hydrogen (secondary N) is 2. The molecule has 4 heteroatoms. The second-order valence-corrected chi connectivity index (χ2v) is 7.65. The molecule has 0 saturated heterocycles. The van der Waals surface area contributed by atoms with Gasteiger partial charge in [0.15, 0.2) is 0 Å². The zero-order chi connectivity index (χ0) is 17.0. The van der Waals surface area contributed by atoms with Crippen LogP contribution in [0.5, 0.6) is 0 Å². The largest absolute Gasteiger partial charge is 0.444 e. The molecule has 0 aromatic heterocycles. The molecule has 2 unspecified atom stereocenters. The minimum Gasteiger partial charge on any atom is -0.444 e. The molecule has 0 aliphatic heterocycles. The van der Waals surface area contributed by atoms with Crippen molar-refractivity contribution >= 4 is 6.09 Å². The fourth-order valence-corrected chi connectivity index (χ4v) is 3.04. The third kappa shape index (κ3) is 5.87. The number of amides is 1. The highest BCUT2D eigenvalue weighted by Gasteiger charge is 2.28. The van der Waals surface area contributed by atoms with E-state index in [0.717, 1.165) is 19.3 Å². The van der Waals surface area contributed by atoms with Crippen molar-refractivity contribution in [3.8, 4) is 0 Å². The predicted octanol–water partition coefficient (Wildman–Crippen LogP) is 4.09. The molecule has 0 heterocycles. The molecule has 3 atom stereocenters. The summed E-state index contributed by atoms with van der Waals surface area (Å²) in [6.07, 6.45) is 2.72. The van der Waals surface area contributed by atoms with Gasteiger partial charge in [0.1, 0.15) is 5.60 Å². The Morgan fingerprint density at radius 3 is 2.39 bits per heavy atom. The van der Waals surface area contributed by atoms with Crippen molar-refractivity contribution in [2.24, 2.45) is 0 Å². The highest BCUT2D eigenvalue weighted by molar-refractivity contribution is 5.68. The van der Waals surface area contributed by atoms with Crippen molar-refractivity contribution < 1.29 is 9.53 Å². The maximum Gasteiger partial charge on any atom is 0.407 e. The maximum absolute atomic E-state index is 11.8. The Balaban J connectivity index is 1.79. The molecule has 1 aliphatic carbocycles. The van der Waals surface area contributed by atoms with Crippen LogP contribution in [0.4, 0.5) is 4.79 Å². The molecule has 0 spiro atoms. The summed E-state index contributed by atoms with van der Waals surface area (Å²) in [6, 6.07) is 9.61. The van der Waals surface area contributed by atoms with Crippen molar-refractivity contribution in [1.29, 1.82) is 0 Å². The Bertz CT molecular complexity index is 519. The van der Waals surface area contributed by atoms with Crippen molar-refractivity contribution in [2.75, 3.05) is 0 Å². The zero-order valence-corrected chi connectivity index (χ0v) is 15.0. The molecule has 1 fully saturated rings. The van der Waals surface area contributed by atoms with E-state index in [4.69, 9.17) is 4.74 Å². The van der Waals surface area contributed by atoms with Crippen molar-refractivity contribution in [3.05, 3.63) is 35.4 Å². The van der Waals surface area contributed by atoms with Crippen LogP contribution in [0.2, 0.25) is 0 Å². The van der Waals surface area contributed by atoms with Gasteiger partial charge in [0.25, 0.3) is 0 Å². The number of aryl methyl sites for hydroxylation is 1. The van der Waals surface area contributed by atoms with Crippen LogP contribution in [0, 0.1) is 6.92 Å². The van der Waals surface area contributed by atoms with E-state index < -0.39 is 5.60 Å². The van der Waals surface area contributed by atoms with Crippen LogP contribution in [0.3, 0.4) is 0 Å². The minimum atomic E-state index is -0.444. The first-order chi connectivity index (χ1) is 10.7. The van der Waals surface area contributed by atoms with E-state index in [9.17, 15) is 4.79 Å². The molecule has 1 saturated carbocycles. The quantitative estimate of drug-likeness (QED) is 0.879. The van der Waals surface area contributed by atoms with E-state index in [1.54, 1.807) is 0 Å². The normalized spacial score (nSPS) is 22.7. The molecule has 0 bridgehead atoms. The SMILES string of the molecule is Cc1ccc([C@@H](C)NC2CCC(NC(=O)OC(C)(C)C)C2)cc1. The fraction of sp³-hybridized carbons (Fsp3) is 0.632. The van der Waals surface area contributed by atoms with Crippen molar-refractivity contribution in [3.63, 3.8) is 0 Å². The summed E-state index contributed by atoms with van der Waals surface area (Å²) in [5, 5.41) is 6.66. The lowest BCUT2D eigenvalue weighted by Crippen LogP contribution is -2.39. The minimum absolute atomic E-state index is 0.201. The molecule has 23 heavy (non-hydrogen) atoms. The number of carbonyl (C=O) groups excluding carboxylic acids is 1. The summed E-state index contributed by atoms with van der Waals surface area (Å²) in [5.41, 5.74) is 2.14. The lowest BCUT2D eigenvalue weighted by molar-refractivity contribution is 0.0505. The van der Waals surface area contributed by atoms with Crippen molar-refractivity contribution in [1.82, 2.24) is 10.6 Å². The van der Waals surface area contributed by atoms with Crippen LogP contribution in [-0.2, 0) is 4.74 Å². The topological polar surface area (TPSA) is 50.4 Å². The van der Waals surface area contributed by atoms with Gasteiger partial charge in [-0.2, -0.15) is 0 Å². The summed E-state index contributed by atoms with van der Waals surface area (Å²) < 4.78 is 5.33. The van der Waals surface area contributed by atoms with E-state index in [0.29, 0.717) is 12.1 Å². The van der Waals surface area contributed by atoms with E-state index in [1.807, 2.05) is 20.8 Å². The average Bonchev–Trinajstić information content (AvgIpc) is 2.84. The number of rotatable bonds is 4. The Labute approximate surface area is 140 Å². The third-order valence-electron chi connectivity index (χ3n) is 4.22. The molecular formula is C19H30N2O2. The average molecular weight is 318 g/mol. The van der Waals surface area contributed by atoms with Gasteiger partial charge in [0.2, 0.25) is 0 Å². The molecule has 1 aliphatic rings. The Morgan fingerprint density at radius 2 is 1.78 bits per heavy atom. The first kappa shape index (κ1) is 17.8. The van der Waals surface area contributed by atoms with Gasteiger partial charge in [0.05, 0.1) is 0 Å². The molecular weight excluding hydrogens is 288 g/mol. The number of ether oxygens (including phenoxy) is 1. The van der Waals surface area contributed by atoms with Gasteiger partial charge in [0, 0.05) is 18.1 Å². The molecule has 0 radical (unpaired) electrons. The second kappa shape index (κ2) is 7.35. The predicted molar refractivity (Wildman–Crippen MR) is 93.5 cm³/mol. The third-order valence-corrected chi connectivity index (χ3v) is 4.22. The number of benzene rings is 1. The van der Waals surface area contributed by atoms with Gasteiger partial charge in [-0.1, -0.05) is 29.8 Å². The van der Waals surface area contributed by atoms with Gasteiger partial charge in [-0.15, -0.1) is 0 Å². The van der Waals surface area contributed by atoms with Crippen LogP contribution < -0.4 is 10.6 Å². The van der Waals surface area contributed by atoms with Crippen LogP contribution in [0.25, 0.3) is 0 Å². The molecule has 4 nitrogen and oxygen atoms in total. The number of alkyl carbamates (subject to hydrolysis) is 1. The van der Waals surface area contributed by atoms with E-state index in [-0.39, 0.29) is 12.1 Å². The van der Waals surface area contributed by atoms with Crippen LogP contribution in [-0.4, -0.2) is 23.8 Å². The van der Waals surface area contributed by atoms with Crippen LogP contribution in [0.1, 0.15) is 64.1 Å². The first-order valence-electron chi connectivity index (χ1n) is 8.55. The summed E-state index contributed by atoms with van der Waals surface area (Å²) in [5.74, 6) is 0. The standard InChI is InChI=1S/C19H30N2O2/c1-13-6-8-15(9-7-13)14(2)20-16-10-11-17(12-16)21-18(22)23-19(3,4)5/h6-9,14,16-17,20H,10-12H2,1-5H3,(H,21,22)/t14-,16?,17?/m1/s1. The fourth-order valence-electron chi connectivity index (χ4n) is 3.04. The molecule has 2 rings (SSSR count). The Kier molecular flexibility index (Phi) is 5.69. The maximum atomic E-state index is 11.8. The highest BCUT2D eigenvalue weighted by atomic mass is 16.6. The van der Waals surface area contributed by atoms with E-state index in [1.165, 1.54) is 11.1 Å². The Morgan fingerprint density at radius 1 is 1.17 bits per heavy atom. The summed E-state index contributed by atoms with van der Waals surface area (Å²) in [7, 11) is 0. The lowest BCUT2D eigenvalue weighted by atomic mass is 10.1. The molecule has 1 aromatic rings.